The molecule has 2 rings (SSSR count). The van der Waals surface area contributed by atoms with Crippen LogP contribution in [0, 0.1) is 0 Å². The van der Waals surface area contributed by atoms with Gasteiger partial charge in [0.05, 0.1) is 30.6 Å². The molecule has 0 aromatic carbocycles. The van der Waals surface area contributed by atoms with Crippen LogP contribution >= 0.6 is 0 Å². The van der Waals surface area contributed by atoms with Crippen molar-refractivity contribution < 1.29 is 0 Å². The van der Waals surface area contributed by atoms with Crippen molar-refractivity contribution in [3.8, 4) is 0 Å². The molecule has 0 amide bonds. The van der Waals surface area contributed by atoms with E-state index in [0.29, 0.717) is 0 Å². The minimum atomic E-state index is 0.750. The van der Waals surface area contributed by atoms with E-state index in [1.165, 1.54) is 0 Å². The van der Waals surface area contributed by atoms with Gasteiger partial charge >= 0.3 is 0 Å². The summed E-state index contributed by atoms with van der Waals surface area (Å²) in [4.78, 5) is 17.4. The number of nitrogens with one attached hydrogen (secondary N) is 1. The van der Waals surface area contributed by atoms with Gasteiger partial charge in [-0.15, -0.1) is 0 Å². The molecule has 1 aliphatic rings. The molecule has 1 aliphatic heterocycles. The monoisotopic (exact) mass is 426 g/mol. The van der Waals surface area contributed by atoms with Crippen molar-refractivity contribution in [2.45, 2.75) is 27.7 Å². The first-order valence-corrected chi connectivity index (χ1v) is 11.3. The molecule has 0 saturated carbocycles. The predicted molar refractivity (Wildman–Crippen MR) is 136 cm³/mol. The fraction of sp³-hybridized carbons (Fsp3) is 0.480. The summed E-state index contributed by atoms with van der Waals surface area (Å²) in [5.41, 5.74) is 1.07. The topological polar surface area (TPSA) is 41.1 Å². The van der Waals surface area contributed by atoms with Gasteiger partial charge in [-0.3, -0.25) is 14.8 Å². The van der Waals surface area contributed by atoms with E-state index in [2.05, 4.69) is 89.2 Å². The minimum Gasteiger partial charge on any atom is -0.363 e. The van der Waals surface area contributed by atoms with E-state index in [4.69, 9.17) is 4.99 Å². The van der Waals surface area contributed by atoms with E-state index in [1.807, 2.05) is 26.1 Å². The van der Waals surface area contributed by atoms with Gasteiger partial charge in [0, 0.05) is 37.7 Å². The number of nitrogens with zero attached hydrogens (tertiary/aromatic N) is 5. The molecule has 31 heavy (non-hydrogen) atoms. The number of hydrogen-bond acceptors (Lipinski definition) is 5. The summed E-state index contributed by atoms with van der Waals surface area (Å²) in [5.74, 6) is 0. The standard InChI is InChI=1S/C23H36N6.C2H6/c1-6-10-11-21-16-28(8-3)20-29(9-4)18-23-13-12-22(25-23)17-27(7-2)19-26(5)15-14-24-21;1-2/h6,9-13,17-18,25H,1,4,7-8,14-16,19-20H2,2-3,5H3;1-2H3/b11-10-,22-17-,23-18-,24-21?;. The van der Waals surface area contributed by atoms with Gasteiger partial charge in [-0.05, 0) is 44.9 Å². The molecule has 1 aromatic heterocycles. The van der Waals surface area contributed by atoms with E-state index < -0.39 is 0 Å². The lowest BCUT2D eigenvalue weighted by molar-refractivity contribution is 0.228. The van der Waals surface area contributed by atoms with Gasteiger partial charge in [-0.2, -0.15) is 0 Å². The zero-order chi connectivity index (χ0) is 23.1. The normalized spacial score (nSPS) is 19.5. The Labute approximate surface area is 189 Å². The van der Waals surface area contributed by atoms with Crippen molar-refractivity contribution in [1.29, 1.82) is 0 Å². The van der Waals surface area contributed by atoms with E-state index in [-0.39, 0.29) is 0 Å². The molecular formula is C25H42N6. The molecule has 1 aromatic rings. The van der Waals surface area contributed by atoms with Crippen LogP contribution in [0.3, 0.4) is 0 Å². The predicted octanol–water partition coefficient (Wildman–Crippen LogP) is 2.65. The summed E-state index contributed by atoms with van der Waals surface area (Å²) >= 11 is 0. The van der Waals surface area contributed by atoms with Crippen molar-refractivity contribution in [3.05, 3.63) is 60.4 Å². The van der Waals surface area contributed by atoms with Crippen LogP contribution in [-0.2, 0) is 0 Å². The molecule has 172 valence electrons. The van der Waals surface area contributed by atoms with Crippen LogP contribution in [0.15, 0.2) is 54.7 Å². The van der Waals surface area contributed by atoms with Crippen molar-refractivity contribution >= 4 is 18.1 Å². The number of aliphatic imine (C=N–C) groups is 1. The second kappa shape index (κ2) is 15.3. The average Bonchev–Trinajstić information content (AvgIpc) is 3.22. The third-order valence-corrected chi connectivity index (χ3v) is 4.84. The molecule has 6 nitrogen and oxygen atoms in total. The molecule has 0 fully saturated rings. The Bertz CT molecular complexity index is 819. The first-order chi connectivity index (χ1) is 15.1. The van der Waals surface area contributed by atoms with Crippen LogP contribution in [0.4, 0.5) is 0 Å². The lowest BCUT2D eigenvalue weighted by atomic mass is 10.3. The van der Waals surface area contributed by atoms with Gasteiger partial charge in [-0.1, -0.05) is 46.1 Å². The number of allylic oxidation sites excluding steroid dienone is 2. The Morgan fingerprint density at radius 1 is 1.06 bits per heavy atom. The number of fused-ring (bicyclic) bond motifs is 2. The molecule has 0 aliphatic carbocycles. The van der Waals surface area contributed by atoms with Gasteiger partial charge in [0.1, 0.15) is 0 Å². The second-order valence-corrected chi connectivity index (χ2v) is 7.20. The molecule has 0 atom stereocenters. The van der Waals surface area contributed by atoms with E-state index >= 15 is 0 Å². The van der Waals surface area contributed by atoms with E-state index in [0.717, 1.165) is 62.5 Å². The summed E-state index contributed by atoms with van der Waals surface area (Å²) in [7, 11) is 2.14. The second-order valence-electron chi connectivity index (χ2n) is 7.20. The number of H-pyrrole nitrogens is 1. The molecule has 2 bridgehead atoms. The summed E-state index contributed by atoms with van der Waals surface area (Å²) in [6.07, 6.45) is 11.9. The Hall–Kier alpha value is -2.57. The zero-order valence-electron chi connectivity index (χ0n) is 20.2. The van der Waals surface area contributed by atoms with Gasteiger partial charge in [0.2, 0.25) is 0 Å². The smallest absolute Gasteiger partial charge is 0.0748 e. The molecular weight excluding hydrogens is 384 g/mol. The van der Waals surface area contributed by atoms with Gasteiger partial charge in [-0.25, -0.2) is 0 Å². The highest BCUT2D eigenvalue weighted by molar-refractivity contribution is 5.96. The van der Waals surface area contributed by atoms with Crippen molar-refractivity contribution in [2.75, 3.05) is 53.1 Å². The van der Waals surface area contributed by atoms with Gasteiger partial charge < -0.3 is 14.8 Å². The van der Waals surface area contributed by atoms with Gasteiger partial charge in [0.15, 0.2) is 0 Å². The Morgan fingerprint density at radius 2 is 1.77 bits per heavy atom. The minimum absolute atomic E-state index is 0.750. The van der Waals surface area contributed by atoms with Crippen LogP contribution < -0.4 is 10.7 Å². The maximum atomic E-state index is 4.86. The third-order valence-electron chi connectivity index (χ3n) is 4.84. The highest BCUT2D eigenvalue weighted by atomic mass is 15.3. The first kappa shape index (κ1) is 26.5. The SMILES string of the molecule is C=C/C=C\C1=NCCN(C)CN(CC)/C=c2/cc/c([nH]2)=C/N(C=C)CN(CC)C1.CC. The Morgan fingerprint density at radius 3 is 2.39 bits per heavy atom. The number of aromatic nitrogens is 1. The van der Waals surface area contributed by atoms with Crippen molar-refractivity contribution in [3.63, 3.8) is 0 Å². The Kier molecular flexibility index (Phi) is 13.0. The largest absolute Gasteiger partial charge is 0.363 e. The van der Waals surface area contributed by atoms with E-state index in [1.54, 1.807) is 6.08 Å². The fourth-order valence-corrected chi connectivity index (χ4v) is 3.14. The molecule has 2 heterocycles. The lowest BCUT2D eigenvalue weighted by Crippen LogP contribution is -2.37. The number of likely N-dealkylation sites (N-methyl/N-ethyl adjacent to an activating group) is 1. The van der Waals surface area contributed by atoms with Crippen molar-refractivity contribution in [1.82, 2.24) is 24.6 Å². The highest BCUT2D eigenvalue weighted by Gasteiger charge is 2.09. The fourth-order valence-electron chi connectivity index (χ4n) is 3.14. The molecule has 0 unspecified atom stereocenters. The third kappa shape index (κ3) is 9.85. The van der Waals surface area contributed by atoms with Crippen LogP contribution in [0.1, 0.15) is 27.7 Å². The van der Waals surface area contributed by atoms with E-state index in [9.17, 15) is 0 Å². The quantitative estimate of drug-likeness (QED) is 0.735. The maximum Gasteiger partial charge on any atom is 0.0748 e. The van der Waals surface area contributed by atoms with Crippen LogP contribution in [-0.4, -0.2) is 83.4 Å². The van der Waals surface area contributed by atoms with Crippen molar-refractivity contribution in [2.24, 2.45) is 4.99 Å². The van der Waals surface area contributed by atoms with Crippen LogP contribution in [0.2, 0.25) is 0 Å². The summed E-state index contributed by atoms with van der Waals surface area (Å²) in [6, 6.07) is 4.22. The highest BCUT2D eigenvalue weighted by Crippen LogP contribution is 2.00. The summed E-state index contributed by atoms with van der Waals surface area (Å²) in [5, 5.41) is 2.16. The Balaban J connectivity index is 0.00000233. The summed E-state index contributed by atoms with van der Waals surface area (Å²) in [6.45, 7) is 22.1. The van der Waals surface area contributed by atoms with Crippen LogP contribution in [0.5, 0.6) is 0 Å². The molecule has 0 spiro atoms. The van der Waals surface area contributed by atoms with Gasteiger partial charge in [0.25, 0.3) is 0 Å². The lowest BCUT2D eigenvalue weighted by Gasteiger charge is -2.27. The molecule has 1 N–H and O–H groups in total. The maximum absolute atomic E-state index is 4.86. The molecule has 0 saturated heterocycles. The average molecular weight is 427 g/mol. The number of hydrogen-bond donors (Lipinski definition) is 1. The zero-order valence-corrected chi connectivity index (χ0v) is 20.2. The molecule has 0 radical (unpaired) electrons. The number of rotatable bonds is 5. The number of aromatic amines is 1. The van der Waals surface area contributed by atoms with Crippen LogP contribution in [0.25, 0.3) is 12.4 Å². The first-order valence-electron chi connectivity index (χ1n) is 11.3. The molecule has 6 heteroatoms. The summed E-state index contributed by atoms with van der Waals surface area (Å²) < 4.78 is 0.